The van der Waals surface area contributed by atoms with Gasteiger partial charge in [-0.15, -0.1) is 12.4 Å². The molecule has 92 valence electrons. The SMILES string of the molecule is Cc1ccc(F)c([C@@H](N)CC(C)C)c1Cl.Cl. The number of rotatable bonds is 3. The van der Waals surface area contributed by atoms with Crippen molar-refractivity contribution in [2.24, 2.45) is 11.7 Å². The molecule has 0 amide bonds. The highest BCUT2D eigenvalue weighted by atomic mass is 35.5. The Morgan fingerprint density at radius 2 is 1.94 bits per heavy atom. The van der Waals surface area contributed by atoms with E-state index < -0.39 is 0 Å². The van der Waals surface area contributed by atoms with E-state index in [2.05, 4.69) is 13.8 Å². The second-order valence-electron chi connectivity index (χ2n) is 4.33. The minimum atomic E-state index is -0.322. The third-order valence-electron chi connectivity index (χ3n) is 2.42. The van der Waals surface area contributed by atoms with E-state index in [9.17, 15) is 4.39 Å². The Bertz CT molecular complexity index is 353. The van der Waals surface area contributed by atoms with Crippen LogP contribution in [0.4, 0.5) is 4.39 Å². The van der Waals surface area contributed by atoms with E-state index in [0.29, 0.717) is 16.5 Å². The maximum atomic E-state index is 13.6. The molecule has 0 aromatic heterocycles. The Labute approximate surface area is 108 Å². The molecule has 1 rings (SSSR count). The van der Waals surface area contributed by atoms with Crippen molar-refractivity contribution in [2.45, 2.75) is 33.2 Å². The normalized spacial score (nSPS) is 12.4. The number of halogens is 3. The molecule has 1 aromatic rings. The van der Waals surface area contributed by atoms with Crippen molar-refractivity contribution < 1.29 is 4.39 Å². The van der Waals surface area contributed by atoms with Crippen molar-refractivity contribution in [3.05, 3.63) is 34.1 Å². The lowest BCUT2D eigenvalue weighted by atomic mass is 9.96. The molecule has 0 heterocycles. The van der Waals surface area contributed by atoms with Crippen LogP contribution in [0.2, 0.25) is 5.02 Å². The van der Waals surface area contributed by atoms with Gasteiger partial charge < -0.3 is 5.73 Å². The molecular weight excluding hydrogens is 248 g/mol. The van der Waals surface area contributed by atoms with Gasteiger partial charge in [-0.05, 0) is 30.9 Å². The quantitative estimate of drug-likeness (QED) is 0.869. The number of aryl methyl sites for hydroxylation is 1. The first kappa shape index (κ1) is 15.7. The van der Waals surface area contributed by atoms with E-state index in [1.165, 1.54) is 6.07 Å². The van der Waals surface area contributed by atoms with Gasteiger partial charge in [0.05, 0.1) is 5.02 Å². The highest BCUT2D eigenvalue weighted by Gasteiger charge is 2.17. The van der Waals surface area contributed by atoms with Crippen molar-refractivity contribution in [1.29, 1.82) is 0 Å². The number of benzene rings is 1. The Hall–Kier alpha value is -0.310. The Balaban J connectivity index is 0.00000225. The summed E-state index contributed by atoms with van der Waals surface area (Å²) >= 11 is 6.06. The third-order valence-corrected chi connectivity index (χ3v) is 2.92. The van der Waals surface area contributed by atoms with Gasteiger partial charge in [0.2, 0.25) is 0 Å². The highest BCUT2D eigenvalue weighted by molar-refractivity contribution is 6.32. The zero-order chi connectivity index (χ0) is 11.6. The van der Waals surface area contributed by atoms with E-state index in [1.807, 2.05) is 6.92 Å². The fourth-order valence-electron chi connectivity index (χ4n) is 1.64. The van der Waals surface area contributed by atoms with E-state index in [4.69, 9.17) is 17.3 Å². The van der Waals surface area contributed by atoms with Crippen LogP contribution in [-0.2, 0) is 0 Å². The molecule has 0 bridgehead atoms. The first-order valence-corrected chi connectivity index (χ1v) is 5.51. The zero-order valence-corrected chi connectivity index (χ0v) is 11.3. The molecule has 1 aromatic carbocycles. The molecule has 0 aliphatic heterocycles. The topological polar surface area (TPSA) is 26.0 Å². The largest absolute Gasteiger partial charge is 0.324 e. The van der Waals surface area contributed by atoms with Gasteiger partial charge in [-0.3, -0.25) is 0 Å². The molecule has 0 saturated heterocycles. The molecule has 2 N–H and O–H groups in total. The first-order valence-electron chi connectivity index (χ1n) is 5.13. The fourth-order valence-corrected chi connectivity index (χ4v) is 1.94. The van der Waals surface area contributed by atoms with Crippen molar-refractivity contribution in [3.8, 4) is 0 Å². The second-order valence-corrected chi connectivity index (χ2v) is 4.71. The number of hydrogen-bond acceptors (Lipinski definition) is 1. The van der Waals surface area contributed by atoms with Crippen molar-refractivity contribution in [1.82, 2.24) is 0 Å². The summed E-state index contributed by atoms with van der Waals surface area (Å²) in [6, 6.07) is 2.78. The van der Waals surface area contributed by atoms with Crippen LogP contribution >= 0.6 is 24.0 Å². The van der Waals surface area contributed by atoms with E-state index in [1.54, 1.807) is 6.07 Å². The molecule has 4 heteroatoms. The second kappa shape index (κ2) is 6.43. The molecular formula is C12H18Cl2FN. The monoisotopic (exact) mass is 265 g/mol. The standard InChI is InChI=1S/C12H17ClFN.ClH/c1-7(2)6-10(15)11-9(14)5-4-8(3)12(11)13;/h4-5,7,10H,6,15H2,1-3H3;1H/t10-;/m0./s1. The van der Waals surface area contributed by atoms with Crippen LogP contribution in [0.5, 0.6) is 0 Å². The molecule has 1 nitrogen and oxygen atoms in total. The van der Waals surface area contributed by atoms with Crippen molar-refractivity contribution >= 4 is 24.0 Å². The Kier molecular flexibility index (Phi) is 6.31. The van der Waals surface area contributed by atoms with Gasteiger partial charge in [0.1, 0.15) is 5.82 Å². The maximum Gasteiger partial charge on any atom is 0.129 e. The molecule has 16 heavy (non-hydrogen) atoms. The van der Waals surface area contributed by atoms with Crippen molar-refractivity contribution in [3.63, 3.8) is 0 Å². The van der Waals surface area contributed by atoms with Gasteiger partial charge in [0, 0.05) is 11.6 Å². The first-order chi connectivity index (χ1) is 6.93. The average Bonchev–Trinajstić information content (AvgIpc) is 2.11. The Morgan fingerprint density at radius 1 is 1.38 bits per heavy atom. The molecule has 0 fully saturated rings. The van der Waals surface area contributed by atoms with Gasteiger partial charge in [0.15, 0.2) is 0 Å². The van der Waals surface area contributed by atoms with Crippen LogP contribution in [0.25, 0.3) is 0 Å². The lowest BCUT2D eigenvalue weighted by Crippen LogP contribution is -2.15. The number of nitrogens with two attached hydrogens (primary N) is 1. The van der Waals surface area contributed by atoms with Crippen LogP contribution in [0.1, 0.15) is 37.4 Å². The summed E-state index contributed by atoms with van der Waals surface area (Å²) in [4.78, 5) is 0. The fraction of sp³-hybridized carbons (Fsp3) is 0.500. The highest BCUT2D eigenvalue weighted by Crippen LogP contribution is 2.30. The van der Waals surface area contributed by atoms with Gasteiger partial charge in [0.25, 0.3) is 0 Å². The minimum Gasteiger partial charge on any atom is -0.324 e. The van der Waals surface area contributed by atoms with E-state index >= 15 is 0 Å². The van der Waals surface area contributed by atoms with Crippen LogP contribution in [0.3, 0.4) is 0 Å². The molecule has 0 radical (unpaired) electrons. The van der Waals surface area contributed by atoms with Crippen molar-refractivity contribution in [2.75, 3.05) is 0 Å². The minimum absolute atomic E-state index is 0. The molecule has 0 aliphatic rings. The van der Waals surface area contributed by atoms with Gasteiger partial charge in [-0.1, -0.05) is 31.5 Å². The maximum absolute atomic E-state index is 13.6. The smallest absolute Gasteiger partial charge is 0.129 e. The molecule has 1 atom stereocenters. The summed E-state index contributed by atoms with van der Waals surface area (Å²) in [6.07, 6.45) is 0.736. The van der Waals surface area contributed by atoms with Crippen LogP contribution in [0.15, 0.2) is 12.1 Å². The summed E-state index contributed by atoms with van der Waals surface area (Å²) in [5.74, 6) is 0.120. The van der Waals surface area contributed by atoms with Gasteiger partial charge in [-0.2, -0.15) is 0 Å². The van der Waals surface area contributed by atoms with E-state index in [-0.39, 0.29) is 24.3 Å². The van der Waals surface area contributed by atoms with Crippen LogP contribution < -0.4 is 5.73 Å². The predicted octanol–water partition coefficient (Wildman–Crippen LogP) is 4.26. The average molecular weight is 266 g/mol. The molecule has 0 saturated carbocycles. The van der Waals surface area contributed by atoms with Gasteiger partial charge >= 0.3 is 0 Å². The van der Waals surface area contributed by atoms with Crippen LogP contribution in [0, 0.1) is 18.7 Å². The summed E-state index contributed by atoms with van der Waals surface area (Å²) < 4.78 is 13.6. The molecule has 0 aliphatic carbocycles. The third kappa shape index (κ3) is 3.62. The predicted molar refractivity (Wildman–Crippen MR) is 69.8 cm³/mol. The lowest BCUT2D eigenvalue weighted by Gasteiger charge is -2.17. The Morgan fingerprint density at radius 3 is 2.44 bits per heavy atom. The van der Waals surface area contributed by atoms with Crippen LogP contribution in [-0.4, -0.2) is 0 Å². The van der Waals surface area contributed by atoms with Gasteiger partial charge in [-0.25, -0.2) is 4.39 Å². The zero-order valence-electron chi connectivity index (χ0n) is 9.76. The number of hydrogen-bond donors (Lipinski definition) is 1. The molecule has 0 spiro atoms. The summed E-state index contributed by atoms with van der Waals surface area (Å²) in [5, 5.41) is 0.461. The summed E-state index contributed by atoms with van der Waals surface area (Å²) in [5.41, 5.74) is 7.26. The summed E-state index contributed by atoms with van der Waals surface area (Å²) in [6.45, 7) is 5.97. The molecule has 0 unspecified atom stereocenters. The summed E-state index contributed by atoms with van der Waals surface area (Å²) in [7, 11) is 0. The van der Waals surface area contributed by atoms with E-state index in [0.717, 1.165) is 12.0 Å². The lowest BCUT2D eigenvalue weighted by molar-refractivity contribution is 0.489.